The molecule has 2 aromatic heterocycles. The summed E-state index contributed by atoms with van der Waals surface area (Å²) in [5.41, 5.74) is -1.000. The number of ether oxygens (including phenoxy) is 1. The number of aryl methyl sites for hydroxylation is 1. The van der Waals surface area contributed by atoms with Crippen molar-refractivity contribution in [3.05, 3.63) is 35.7 Å². The molecule has 2 aliphatic rings. The molecule has 1 aromatic carbocycles. The predicted octanol–water partition coefficient (Wildman–Crippen LogP) is 4.67. The number of halogens is 6. The summed E-state index contributed by atoms with van der Waals surface area (Å²) in [7, 11) is 0. The van der Waals surface area contributed by atoms with Crippen molar-refractivity contribution >= 4 is 12.0 Å². The van der Waals surface area contributed by atoms with Gasteiger partial charge in [0.25, 0.3) is 0 Å². The van der Waals surface area contributed by atoms with Crippen molar-refractivity contribution in [1.82, 2.24) is 24.9 Å². The van der Waals surface area contributed by atoms with Crippen LogP contribution >= 0.6 is 0 Å². The maximum Gasteiger partial charge on any atom is 0.416 e. The maximum absolute atomic E-state index is 13.1. The second-order valence-electron chi connectivity index (χ2n) is 8.92. The molecule has 3 atom stereocenters. The smallest absolute Gasteiger partial charge is 0.416 e. The highest BCUT2D eigenvalue weighted by Gasteiger charge is 2.44. The van der Waals surface area contributed by atoms with Crippen LogP contribution in [0, 0.1) is 18.8 Å². The van der Waals surface area contributed by atoms with Gasteiger partial charge in [0, 0.05) is 19.1 Å². The number of aromatic nitrogens is 5. The average Bonchev–Trinajstić information content (AvgIpc) is 3.43. The summed E-state index contributed by atoms with van der Waals surface area (Å²) in [5, 5.41) is 10.8. The third-order valence-corrected chi connectivity index (χ3v) is 6.25. The third-order valence-electron chi connectivity index (χ3n) is 6.25. The summed E-state index contributed by atoms with van der Waals surface area (Å²) >= 11 is 0. The van der Waals surface area contributed by atoms with E-state index >= 15 is 0 Å². The van der Waals surface area contributed by atoms with Gasteiger partial charge in [0.2, 0.25) is 5.95 Å². The van der Waals surface area contributed by atoms with Gasteiger partial charge < -0.3 is 19.5 Å². The zero-order chi connectivity index (χ0) is 25.7. The van der Waals surface area contributed by atoms with E-state index in [2.05, 4.69) is 25.5 Å². The maximum atomic E-state index is 13.1. The third kappa shape index (κ3) is 5.18. The van der Waals surface area contributed by atoms with Crippen LogP contribution in [0.25, 0.3) is 0 Å². The molecular formula is C21H21F6N7O2. The molecule has 9 nitrogen and oxygen atoms in total. The minimum Gasteiger partial charge on any atom is -0.424 e. The van der Waals surface area contributed by atoms with Gasteiger partial charge in [-0.2, -0.15) is 36.3 Å². The Bertz CT molecular complexity index is 1210. The van der Waals surface area contributed by atoms with Crippen molar-refractivity contribution in [3.8, 4) is 11.8 Å². The lowest BCUT2D eigenvalue weighted by molar-refractivity contribution is -0.143. The van der Waals surface area contributed by atoms with E-state index in [4.69, 9.17) is 9.26 Å². The van der Waals surface area contributed by atoms with Crippen molar-refractivity contribution in [3.63, 3.8) is 0 Å². The molecular weight excluding hydrogens is 496 g/mol. The summed E-state index contributed by atoms with van der Waals surface area (Å²) in [6.45, 7) is 1.41. The molecule has 1 N–H and O–H groups in total. The zero-order valence-electron chi connectivity index (χ0n) is 18.8. The molecule has 1 aliphatic heterocycles. The molecule has 1 saturated carbocycles. The van der Waals surface area contributed by atoms with Gasteiger partial charge in [-0.25, -0.2) is 4.68 Å². The number of alkyl halides is 6. The van der Waals surface area contributed by atoms with Gasteiger partial charge in [0.05, 0.1) is 5.56 Å². The van der Waals surface area contributed by atoms with Gasteiger partial charge in [0.1, 0.15) is 12.3 Å². The normalized spacial score (nSPS) is 22.2. The van der Waals surface area contributed by atoms with E-state index in [1.807, 2.05) is 4.90 Å². The molecule has 15 heteroatoms. The number of nitrogens with zero attached hydrogens (tertiary/aromatic N) is 6. The molecule has 1 saturated heterocycles. The van der Waals surface area contributed by atoms with Crippen LogP contribution in [0.5, 0.6) is 11.8 Å². The second-order valence-corrected chi connectivity index (χ2v) is 8.92. The molecule has 36 heavy (non-hydrogen) atoms. The number of benzene rings is 1. The quantitative estimate of drug-likeness (QED) is 0.472. The van der Waals surface area contributed by atoms with Crippen LogP contribution < -0.4 is 15.0 Å². The molecule has 5 rings (SSSR count). The molecule has 3 heterocycles. The molecule has 0 unspecified atom stereocenters. The lowest BCUT2D eigenvalue weighted by Crippen LogP contribution is -2.48. The molecule has 194 valence electrons. The Kier molecular flexibility index (Phi) is 5.95. The first-order valence-electron chi connectivity index (χ1n) is 11.1. The zero-order valence-corrected chi connectivity index (χ0v) is 18.8. The lowest BCUT2D eigenvalue weighted by Gasteiger charge is -2.37. The van der Waals surface area contributed by atoms with Crippen LogP contribution in [0.4, 0.5) is 38.3 Å². The van der Waals surface area contributed by atoms with Crippen LogP contribution in [0.15, 0.2) is 28.8 Å². The van der Waals surface area contributed by atoms with E-state index in [0.717, 1.165) is 25.0 Å². The van der Waals surface area contributed by atoms with Crippen LogP contribution in [0.3, 0.4) is 0 Å². The van der Waals surface area contributed by atoms with E-state index in [1.54, 1.807) is 6.92 Å². The van der Waals surface area contributed by atoms with Crippen molar-refractivity contribution in [1.29, 1.82) is 0 Å². The Morgan fingerprint density at radius 1 is 1.08 bits per heavy atom. The van der Waals surface area contributed by atoms with Gasteiger partial charge in [-0.05, 0) is 49.8 Å². The predicted molar refractivity (Wildman–Crippen MR) is 112 cm³/mol. The first-order valence-corrected chi connectivity index (χ1v) is 11.1. The van der Waals surface area contributed by atoms with Crippen molar-refractivity contribution in [2.45, 2.75) is 44.7 Å². The van der Waals surface area contributed by atoms with Crippen LogP contribution in [-0.2, 0) is 12.7 Å². The Labute approximate surface area is 200 Å². The number of hydrogen-bond acceptors (Lipinski definition) is 8. The van der Waals surface area contributed by atoms with Gasteiger partial charge in [0.15, 0.2) is 5.82 Å². The van der Waals surface area contributed by atoms with Gasteiger partial charge in [-0.15, -0.1) is 5.10 Å². The second kappa shape index (κ2) is 8.85. The Balaban J connectivity index is 1.35. The Morgan fingerprint density at radius 3 is 2.42 bits per heavy atom. The monoisotopic (exact) mass is 517 g/mol. The minimum absolute atomic E-state index is 0.0924. The summed E-state index contributed by atoms with van der Waals surface area (Å²) in [6.07, 6.45) is -7.53. The van der Waals surface area contributed by atoms with Gasteiger partial charge >= 0.3 is 24.4 Å². The highest BCUT2D eigenvalue weighted by atomic mass is 19.4. The first-order chi connectivity index (χ1) is 16.9. The highest BCUT2D eigenvalue weighted by molar-refractivity contribution is 5.36. The lowest BCUT2D eigenvalue weighted by atomic mass is 9.92. The standard InChI is InChI=1S/C21H21F6N7O2/c1-11-28-18(36-32-11)33-8-12-5-6-13(9-33)16(12)29-17-30-19(34(31-17)10-20(22,23)24)35-15-4-2-3-14(7-15)21(25,26)27/h2-4,7,12-13,16H,5-6,8-10H2,1H3,(H,29,31)/t12-,13+,16+. The topological polar surface area (TPSA) is 94.1 Å². The Hall–Kier alpha value is -3.52. The largest absolute Gasteiger partial charge is 0.424 e. The SMILES string of the molecule is Cc1noc(N2C[C@H]3CC[C@@H](C2)[C@H]3Nc2nc(Oc3cccc(C(F)(F)F)c3)n(CC(F)(F)F)n2)n1. The Morgan fingerprint density at radius 2 is 1.81 bits per heavy atom. The number of hydrogen-bond donors (Lipinski definition) is 1. The van der Waals surface area contributed by atoms with Crippen LogP contribution in [0.2, 0.25) is 0 Å². The number of fused-ring (bicyclic) bond motifs is 2. The number of anilines is 2. The fourth-order valence-electron chi connectivity index (χ4n) is 4.76. The van der Waals surface area contributed by atoms with Crippen LogP contribution in [-0.4, -0.2) is 50.2 Å². The van der Waals surface area contributed by atoms with E-state index in [9.17, 15) is 26.3 Å². The number of rotatable bonds is 6. The van der Waals surface area contributed by atoms with Crippen molar-refractivity contribution in [2.24, 2.45) is 11.8 Å². The van der Waals surface area contributed by atoms with Gasteiger partial charge in [-0.3, -0.25) is 0 Å². The number of nitrogens with one attached hydrogen (secondary N) is 1. The highest BCUT2D eigenvalue weighted by Crippen LogP contribution is 2.40. The van der Waals surface area contributed by atoms with Crippen molar-refractivity contribution in [2.75, 3.05) is 23.3 Å². The van der Waals surface area contributed by atoms with E-state index in [1.165, 1.54) is 6.07 Å². The summed E-state index contributed by atoms with van der Waals surface area (Å²) in [5.74, 6) is 0.364. The summed E-state index contributed by atoms with van der Waals surface area (Å²) in [4.78, 5) is 10.3. The molecule has 0 spiro atoms. The molecule has 3 aromatic rings. The molecule has 0 amide bonds. The summed E-state index contributed by atoms with van der Waals surface area (Å²) < 4.78 is 89.6. The number of piperidine rings is 1. The van der Waals surface area contributed by atoms with E-state index in [-0.39, 0.29) is 29.6 Å². The van der Waals surface area contributed by atoms with E-state index < -0.39 is 30.5 Å². The molecule has 2 fully saturated rings. The minimum atomic E-state index is -4.65. The molecule has 2 bridgehead atoms. The molecule has 0 radical (unpaired) electrons. The average molecular weight is 517 g/mol. The first kappa shape index (κ1) is 24.2. The van der Waals surface area contributed by atoms with Crippen molar-refractivity contribution < 1.29 is 35.6 Å². The van der Waals surface area contributed by atoms with Crippen LogP contribution in [0.1, 0.15) is 24.2 Å². The molecule has 1 aliphatic carbocycles. The van der Waals surface area contributed by atoms with E-state index in [0.29, 0.717) is 35.7 Å². The van der Waals surface area contributed by atoms with Gasteiger partial charge in [-0.1, -0.05) is 11.2 Å². The summed E-state index contributed by atoms with van der Waals surface area (Å²) in [6, 6.07) is 3.55. The fourth-order valence-corrected chi connectivity index (χ4v) is 4.76. The fraction of sp³-hybridized carbons (Fsp3) is 0.524.